The largest absolute Gasteiger partial charge is 0.298 e. The van der Waals surface area contributed by atoms with Crippen molar-refractivity contribution in [2.75, 3.05) is 0 Å². The highest BCUT2D eigenvalue weighted by Crippen LogP contribution is 2.26. The molecule has 0 amide bonds. The summed E-state index contributed by atoms with van der Waals surface area (Å²) in [5.74, 6) is -0.0212. The van der Waals surface area contributed by atoms with E-state index in [1.165, 1.54) is 6.92 Å². The monoisotopic (exact) mass is 260 g/mol. The van der Waals surface area contributed by atoms with Crippen LogP contribution in [0.1, 0.15) is 23.4 Å². The van der Waals surface area contributed by atoms with Gasteiger partial charge in [0.05, 0.1) is 0 Å². The number of ketones is 1. The molecule has 1 unspecified atom stereocenters. The lowest BCUT2D eigenvalue weighted by atomic mass is 10.0. The van der Waals surface area contributed by atoms with Crippen LogP contribution in [0.25, 0.3) is 0 Å². The Morgan fingerprint density at radius 3 is 2.62 bits per heavy atom. The summed E-state index contributed by atoms with van der Waals surface area (Å²) in [7, 11) is 0. The van der Waals surface area contributed by atoms with Crippen LogP contribution >= 0.6 is 27.5 Å². The Balaban J connectivity index is 3.08. The van der Waals surface area contributed by atoms with Gasteiger partial charge in [-0.25, -0.2) is 0 Å². The fourth-order valence-corrected chi connectivity index (χ4v) is 1.86. The molecule has 0 radical (unpaired) electrons. The van der Waals surface area contributed by atoms with Gasteiger partial charge in [0, 0.05) is 4.47 Å². The van der Waals surface area contributed by atoms with Gasteiger partial charge in [-0.1, -0.05) is 22.0 Å². The van der Waals surface area contributed by atoms with Crippen LogP contribution in [0.15, 0.2) is 22.7 Å². The lowest BCUT2D eigenvalue weighted by Crippen LogP contribution is -2.03. The quantitative estimate of drug-likeness (QED) is 0.743. The molecule has 0 aliphatic heterocycles. The number of carbonyl (C=O) groups is 1. The number of aryl methyl sites for hydroxylation is 1. The summed E-state index contributed by atoms with van der Waals surface area (Å²) >= 11 is 9.29. The fraction of sp³-hybridized carbons (Fsp3) is 0.300. The molecule has 3 heteroatoms. The van der Waals surface area contributed by atoms with Crippen molar-refractivity contribution in [3.63, 3.8) is 0 Å². The second-order valence-electron chi connectivity index (χ2n) is 2.97. The Kier molecular flexibility index (Phi) is 3.51. The number of hydrogen-bond donors (Lipinski definition) is 0. The van der Waals surface area contributed by atoms with Crippen molar-refractivity contribution in [2.24, 2.45) is 0 Å². The maximum absolute atomic E-state index is 11.0. The molecule has 0 N–H and O–H groups in total. The fourth-order valence-electron chi connectivity index (χ4n) is 1.14. The molecule has 0 fully saturated rings. The summed E-state index contributed by atoms with van der Waals surface area (Å²) in [4.78, 5) is 11.0. The molecule has 1 rings (SSSR count). The van der Waals surface area contributed by atoms with Gasteiger partial charge >= 0.3 is 0 Å². The second-order valence-corrected chi connectivity index (χ2v) is 4.33. The minimum atomic E-state index is -0.520. The maximum atomic E-state index is 11.0. The zero-order valence-corrected chi connectivity index (χ0v) is 9.82. The highest BCUT2D eigenvalue weighted by atomic mass is 79.9. The number of halogens is 2. The molecule has 0 saturated carbocycles. The number of Topliss-reactive ketones (excluding diaryl/α,β-unsaturated/α-hetero) is 1. The summed E-state index contributed by atoms with van der Waals surface area (Å²) < 4.78 is 1.00. The van der Waals surface area contributed by atoms with E-state index < -0.39 is 5.38 Å². The van der Waals surface area contributed by atoms with E-state index in [-0.39, 0.29) is 5.78 Å². The van der Waals surface area contributed by atoms with Crippen molar-refractivity contribution in [1.82, 2.24) is 0 Å². The zero-order valence-electron chi connectivity index (χ0n) is 7.47. The van der Waals surface area contributed by atoms with Crippen LogP contribution in [0.4, 0.5) is 0 Å². The zero-order chi connectivity index (χ0) is 10.0. The van der Waals surface area contributed by atoms with Crippen LogP contribution < -0.4 is 0 Å². The minimum Gasteiger partial charge on any atom is -0.298 e. The van der Waals surface area contributed by atoms with Crippen molar-refractivity contribution >= 4 is 33.3 Å². The van der Waals surface area contributed by atoms with Gasteiger partial charge in [0.1, 0.15) is 5.38 Å². The second kappa shape index (κ2) is 4.25. The van der Waals surface area contributed by atoms with Crippen LogP contribution in [0, 0.1) is 6.92 Å². The number of rotatable bonds is 2. The Morgan fingerprint density at radius 2 is 2.15 bits per heavy atom. The van der Waals surface area contributed by atoms with Crippen molar-refractivity contribution < 1.29 is 4.79 Å². The van der Waals surface area contributed by atoms with E-state index in [4.69, 9.17) is 11.6 Å². The van der Waals surface area contributed by atoms with E-state index in [2.05, 4.69) is 15.9 Å². The molecule has 0 aromatic heterocycles. The van der Waals surface area contributed by atoms with Gasteiger partial charge in [0.15, 0.2) is 5.78 Å². The predicted molar refractivity (Wildman–Crippen MR) is 58.2 cm³/mol. The normalized spacial score (nSPS) is 12.6. The molecule has 70 valence electrons. The Hall–Kier alpha value is -0.340. The number of hydrogen-bond acceptors (Lipinski definition) is 1. The smallest absolute Gasteiger partial charge is 0.152 e. The van der Waals surface area contributed by atoms with E-state index in [1.807, 2.05) is 25.1 Å². The first kappa shape index (κ1) is 10.7. The predicted octanol–water partition coefficient (Wildman–Crippen LogP) is 3.63. The van der Waals surface area contributed by atoms with Gasteiger partial charge < -0.3 is 0 Å². The molecule has 1 nitrogen and oxygen atoms in total. The van der Waals surface area contributed by atoms with Crippen LogP contribution in [0.5, 0.6) is 0 Å². The topological polar surface area (TPSA) is 17.1 Å². The Labute approximate surface area is 91.2 Å². The van der Waals surface area contributed by atoms with E-state index >= 15 is 0 Å². The third kappa shape index (κ3) is 2.55. The molecule has 0 spiro atoms. The summed E-state index contributed by atoms with van der Waals surface area (Å²) in [5, 5.41) is -0.520. The lowest BCUT2D eigenvalue weighted by molar-refractivity contribution is -0.116. The van der Waals surface area contributed by atoms with Crippen molar-refractivity contribution in [2.45, 2.75) is 19.2 Å². The average molecular weight is 262 g/mol. The summed E-state index contributed by atoms with van der Waals surface area (Å²) in [6.07, 6.45) is 0. The summed E-state index contributed by atoms with van der Waals surface area (Å²) in [5.41, 5.74) is 1.92. The van der Waals surface area contributed by atoms with Gasteiger partial charge in [0.2, 0.25) is 0 Å². The van der Waals surface area contributed by atoms with Crippen LogP contribution in [0.2, 0.25) is 0 Å². The van der Waals surface area contributed by atoms with Gasteiger partial charge in [-0.05, 0) is 37.1 Å². The average Bonchev–Trinajstić information content (AvgIpc) is 2.03. The molecule has 1 atom stereocenters. The standard InChI is InChI=1S/C10H10BrClO/c1-6-5-8(11)3-4-9(6)10(12)7(2)13/h3-5,10H,1-2H3. The molecular weight excluding hydrogens is 251 g/mol. The van der Waals surface area contributed by atoms with E-state index in [0.29, 0.717) is 0 Å². The molecule has 0 saturated heterocycles. The van der Waals surface area contributed by atoms with Crippen molar-refractivity contribution in [3.05, 3.63) is 33.8 Å². The van der Waals surface area contributed by atoms with E-state index in [1.54, 1.807) is 0 Å². The molecular formula is C10H10BrClO. The van der Waals surface area contributed by atoms with Gasteiger partial charge in [-0.3, -0.25) is 4.79 Å². The first-order valence-electron chi connectivity index (χ1n) is 3.93. The Bertz CT molecular complexity index is 336. The van der Waals surface area contributed by atoms with Crippen molar-refractivity contribution in [3.8, 4) is 0 Å². The molecule has 13 heavy (non-hydrogen) atoms. The number of alkyl halides is 1. The molecule has 1 aromatic carbocycles. The molecule has 0 aliphatic rings. The number of carbonyl (C=O) groups excluding carboxylic acids is 1. The van der Waals surface area contributed by atoms with Crippen molar-refractivity contribution in [1.29, 1.82) is 0 Å². The van der Waals surface area contributed by atoms with Gasteiger partial charge in [0.25, 0.3) is 0 Å². The molecule has 0 bridgehead atoms. The third-order valence-corrected chi connectivity index (χ3v) is 2.90. The first-order chi connectivity index (χ1) is 6.02. The summed E-state index contributed by atoms with van der Waals surface area (Å²) in [6.45, 7) is 3.44. The van der Waals surface area contributed by atoms with Crippen LogP contribution in [-0.2, 0) is 4.79 Å². The lowest BCUT2D eigenvalue weighted by Gasteiger charge is -2.09. The molecule has 0 heterocycles. The van der Waals surface area contributed by atoms with E-state index in [9.17, 15) is 4.79 Å². The molecule has 0 aliphatic carbocycles. The maximum Gasteiger partial charge on any atom is 0.152 e. The number of benzene rings is 1. The van der Waals surface area contributed by atoms with Gasteiger partial charge in [-0.15, -0.1) is 11.6 Å². The SMILES string of the molecule is CC(=O)C(Cl)c1ccc(Br)cc1C. The third-order valence-electron chi connectivity index (χ3n) is 1.86. The van der Waals surface area contributed by atoms with Crippen LogP contribution in [0.3, 0.4) is 0 Å². The van der Waals surface area contributed by atoms with Crippen LogP contribution in [-0.4, -0.2) is 5.78 Å². The highest BCUT2D eigenvalue weighted by Gasteiger charge is 2.14. The molecule has 1 aromatic rings. The first-order valence-corrected chi connectivity index (χ1v) is 5.16. The summed E-state index contributed by atoms with van der Waals surface area (Å²) in [6, 6.07) is 5.72. The highest BCUT2D eigenvalue weighted by molar-refractivity contribution is 9.10. The Morgan fingerprint density at radius 1 is 1.54 bits per heavy atom. The minimum absolute atomic E-state index is 0.0212. The van der Waals surface area contributed by atoms with Gasteiger partial charge in [-0.2, -0.15) is 0 Å². The van der Waals surface area contributed by atoms with E-state index in [0.717, 1.165) is 15.6 Å².